The zero-order valence-corrected chi connectivity index (χ0v) is 14.8. The lowest BCUT2D eigenvalue weighted by molar-refractivity contribution is -0.125. The summed E-state index contributed by atoms with van der Waals surface area (Å²) in [5.41, 5.74) is 0.601. The average molecular weight is 347 g/mol. The molecule has 1 N–H and O–H groups in total. The van der Waals surface area contributed by atoms with Gasteiger partial charge in [0.05, 0.1) is 19.4 Å². The minimum absolute atomic E-state index is 0.0571. The second kappa shape index (κ2) is 7.77. The van der Waals surface area contributed by atoms with Gasteiger partial charge < -0.3 is 19.9 Å². The van der Waals surface area contributed by atoms with E-state index in [4.69, 9.17) is 4.74 Å². The molecular formula is C17H25N5O3. The van der Waals surface area contributed by atoms with Gasteiger partial charge in [0, 0.05) is 45.9 Å². The first-order chi connectivity index (χ1) is 12.0. The Kier molecular flexibility index (Phi) is 5.47. The van der Waals surface area contributed by atoms with Crippen LogP contribution in [0.15, 0.2) is 6.20 Å². The van der Waals surface area contributed by atoms with Gasteiger partial charge in [0.25, 0.3) is 0 Å². The molecule has 2 fully saturated rings. The van der Waals surface area contributed by atoms with Crippen molar-refractivity contribution in [1.29, 1.82) is 0 Å². The molecule has 8 heteroatoms. The summed E-state index contributed by atoms with van der Waals surface area (Å²) in [6.45, 7) is 2.85. The second-order valence-corrected chi connectivity index (χ2v) is 6.70. The standard InChI is InChI=1S/C17H25N5O3/c1-21(2)15-14(19-16(24)12-3-5-13(23)6-4-12)11-18-17(20-15)22-7-9-25-10-8-22/h11-12H,3-10H2,1-2H3,(H,19,24). The smallest absolute Gasteiger partial charge is 0.227 e. The Balaban J connectivity index is 1.73. The number of ether oxygens (including phenoxy) is 1. The molecular weight excluding hydrogens is 322 g/mol. The Morgan fingerprint density at radius 2 is 1.96 bits per heavy atom. The minimum Gasteiger partial charge on any atom is -0.378 e. The van der Waals surface area contributed by atoms with Crippen molar-refractivity contribution in [1.82, 2.24) is 9.97 Å². The first kappa shape index (κ1) is 17.6. The van der Waals surface area contributed by atoms with E-state index < -0.39 is 0 Å². The molecule has 1 amide bonds. The summed E-state index contributed by atoms with van der Waals surface area (Å²) < 4.78 is 5.36. The summed E-state index contributed by atoms with van der Waals surface area (Å²) in [5.74, 6) is 1.39. The maximum absolute atomic E-state index is 12.5. The van der Waals surface area contributed by atoms with Gasteiger partial charge in [-0.05, 0) is 12.8 Å². The van der Waals surface area contributed by atoms with Crippen molar-refractivity contribution in [3.05, 3.63) is 6.20 Å². The Morgan fingerprint density at radius 1 is 1.28 bits per heavy atom. The normalized spacial score (nSPS) is 19.0. The number of carbonyl (C=O) groups excluding carboxylic acids is 2. The van der Waals surface area contributed by atoms with Crippen molar-refractivity contribution in [2.45, 2.75) is 25.7 Å². The van der Waals surface area contributed by atoms with Gasteiger partial charge >= 0.3 is 0 Å². The maximum Gasteiger partial charge on any atom is 0.227 e. The molecule has 1 saturated carbocycles. The molecule has 136 valence electrons. The van der Waals surface area contributed by atoms with Gasteiger partial charge in [0.2, 0.25) is 11.9 Å². The van der Waals surface area contributed by atoms with E-state index in [9.17, 15) is 9.59 Å². The molecule has 25 heavy (non-hydrogen) atoms. The Bertz CT molecular complexity index is 633. The SMILES string of the molecule is CN(C)c1nc(N2CCOCC2)ncc1NC(=O)C1CCC(=O)CC1. The Labute approximate surface area is 147 Å². The summed E-state index contributed by atoms with van der Waals surface area (Å²) in [5, 5.41) is 2.95. The minimum atomic E-state index is -0.119. The fraction of sp³-hybridized carbons (Fsp3) is 0.647. The fourth-order valence-corrected chi connectivity index (χ4v) is 3.15. The molecule has 0 unspecified atom stereocenters. The lowest BCUT2D eigenvalue weighted by Gasteiger charge is -2.28. The number of aromatic nitrogens is 2. The van der Waals surface area contributed by atoms with Crippen LogP contribution >= 0.6 is 0 Å². The number of rotatable bonds is 4. The number of morpholine rings is 1. The zero-order chi connectivity index (χ0) is 17.8. The van der Waals surface area contributed by atoms with Gasteiger partial charge in [0.15, 0.2) is 5.82 Å². The summed E-state index contributed by atoms with van der Waals surface area (Å²) in [6, 6.07) is 0. The van der Waals surface area contributed by atoms with Crippen LogP contribution in [0, 0.1) is 5.92 Å². The number of hydrogen-bond acceptors (Lipinski definition) is 7. The summed E-state index contributed by atoms with van der Waals surface area (Å²) in [4.78, 5) is 36.8. The van der Waals surface area contributed by atoms with Crippen LogP contribution in [0.1, 0.15) is 25.7 Å². The number of hydrogen-bond donors (Lipinski definition) is 1. The highest BCUT2D eigenvalue weighted by atomic mass is 16.5. The van der Waals surface area contributed by atoms with Crippen LogP contribution in [0.2, 0.25) is 0 Å². The van der Waals surface area contributed by atoms with Crippen molar-refractivity contribution >= 4 is 29.1 Å². The average Bonchev–Trinajstić information content (AvgIpc) is 2.63. The van der Waals surface area contributed by atoms with E-state index in [0.29, 0.717) is 56.4 Å². The van der Waals surface area contributed by atoms with Gasteiger partial charge in [-0.15, -0.1) is 0 Å². The molecule has 3 rings (SSSR count). The predicted molar refractivity (Wildman–Crippen MR) is 95.0 cm³/mol. The van der Waals surface area contributed by atoms with Gasteiger partial charge in [-0.2, -0.15) is 4.98 Å². The molecule has 1 saturated heterocycles. The summed E-state index contributed by atoms with van der Waals surface area (Å²) >= 11 is 0. The molecule has 1 aliphatic heterocycles. The first-order valence-corrected chi connectivity index (χ1v) is 8.74. The third kappa shape index (κ3) is 4.25. The molecule has 8 nitrogen and oxygen atoms in total. The molecule has 0 spiro atoms. The van der Waals surface area contributed by atoms with Gasteiger partial charge in [0.1, 0.15) is 11.5 Å². The van der Waals surface area contributed by atoms with E-state index in [1.54, 1.807) is 6.20 Å². The van der Waals surface area contributed by atoms with E-state index in [0.717, 1.165) is 13.1 Å². The first-order valence-electron chi connectivity index (χ1n) is 8.74. The van der Waals surface area contributed by atoms with Crippen LogP contribution in [0.5, 0.6) is 0 Å². The highest BCUT2D eigenvalue weighted by Gasteiger charge is 2.26. The number of ketones is 1. The van der Waals surface area contributed by atoms with Crippen molar-refractivity contribution in [3.63, 3.8) is 0 Å². The molecule has 0 bridgehead atoms. The second-order valence-electron chi connectivity index (χ2n) is 6.70. The number of nitrogens with zero attached hydrogens (tertiary/aromatic N) is 4. The fourth-order valence-electron chi connectivity index (χ4n) is 3.15. The summed E-state index contributed by atoms with van der Waals surface area (Å²) in [6.07, 6.45) is 3.89. The van der Waals surface area contributed by atoms with E-state index in [-0.39, 0.29) is 17.6 Å². The van der Waals surface area contributed by atoms with Crippen LogP contribution in [-0.4, -0.2) is 62.1 Å². The third-order valence-electron chi connectivity index (χ3n) is 4.65. The van der Waals surface area contributed by atoms with Crippen LogP contribution in [0.25, 0.3) is 0 Å². The van der Waals surface area contributed by atoms with Crippen LogP contribution in [-0.2, 0) is 14.3 Å². The van der Waals surface area contributed by atoms with Gasteiger partial charge in [-0.3, -0.25) is 9.59 Å². The Morgan fingerprint density at radius 3 is 2.60 bits per heavy atom. The molecule has 0 radical (unpaired) electrons. The summed E-state index contributed by atoms with van der Waals surface area (Å²) in [7, 11) is 3.78. The molecule has 2 heterocycles. The third-order valence-corrected chi connectivity index (χ3v) is 4.65. The number of Topliss-reactive ketones (excluding diaryl/α,β-unsaturated/α-hetero) is 1. The highest BCUT2D eigenvalue weighted by molar-refractivity contribution is 5.96. The molecule has 1 aromatic rings. The maximum atomic E-state index is 12.5. The van der Waals surface area contributed by atoms with Gasteiger partial charge in [-0.25, -0.2) is 4.98 Å². The Hall–Kier alpha value is -2.22. The molecule has 1 aliphatic carbocycles. The number of amides is 1. The van der Waals surface area contributed by atoms with E-state index in [1.807, 2.05) is 19.0 Å². The molecule has 1 aromatic heterocycles. The largest absolute Gasteiger partial charge is 0.378 e. The van der Waals surface area contributed by atoms with Crippen molar-refractivity contribution in [3.8, 4) is 0 Å². The van der Waals surface area contributed by atoms with Crippen LogP contribution in [0.3, 0.4) is 0 Å². The lowest BCUT2D eigenvalue weighted by atomic mass is 9.88. The van der Waals surface area contributed by atoms with E-state index >= 15 is 0 Å². The molecule has 2 aliphatic rings. The van der Waals surface area contributed by atoms with Crippen LogP contribution in [0.4, 0.5) is 17.5 Å². The highest BCUT2D eigenvalue weighted by Crippen LogP contribution is 2.27. The lowest BCUT2D eigenvalue weighted by Crippen LogP contribution is -2.37. The molecule has 0 atom stereocenters. The number of nitrogens with one attached hydrogen (secondary N) is 1. The predicted octanol–water partition coefficient (Wildman–Crippen LogP) is 1.08. The van der Waals surface area contributed by atoms with Crippen molar-refractivity contribution in [2.75, 3.05) is 55.5 Å². The quantitative estimate of drug-likeness (QED) is 0.872. The zero-order valence-electron chi connectivity index (χ0n) is 14.8. The van der Waals surface area contributed by atoms with Gasteiger partial charge in [-0.1, -0.05) is 0 Å². The van der Waals surface area contributed by atoms with Crippen molar-refractivity contribution in [2.24, 2.45) is 5.92 Å². The van der Waals surface area contributed by atoms with E-state index in [1.165, 1.54) is 0 Å². The number of carbonyl (C=O) groups is 2. The van der Waals surface area contributed by atoms with Crippen LogP contribution < -0.4 is 15.1 Å². The number of anilines is 3. The van der Waals surface area contributed by atoms with E-state index in [2.05, 4.69) is 20.2 Å². The molecule has 0 aromatic carbocycles. The van der Waals surface area contributed by atoms with Crippen molar-refractivity contribution < 1.29 is 14.3 Å². The monoisotopic (exact) mass is 347 g/mol. The topological polar surface area (TPSA) is 87.7 Å².